The van der Waals surface area contributed by atoms with Gasteiger partial charge in [-0.05, 0) is 89.9 Å². The molecule has 4 saturated carbocycles. The van der Waals surface area contributed by atoms with Crippen LogP contribution in [0.15, 0.2) is 0 Å². The summed E-state index contributed by atoms with van der Waals surface area (Å²) in [7, 11) is -3.32. The van der Waals surface area contributed by atoms with E-state index in [-0.39, 0.29) is 17.6 Å². The molecule has 1 saturated heterocycles. The summed E-state index contributed by atoms with van der Waals surface area (Å²) in [5.41, 5.74) is 5.87. The molecule has 5 rings (SSSR count). The van der Waals surface area contributed by atoms with Gasteiger partial charge >= 0.3 is 6.03 Å². The quantitative estimate of drug-likeness (QED) is 0.795. The van der Waals surface area contributed by atoms with Gasteiger partial charge in [-0.25, -0.2) is 17.5 Å². The van der Waals surface area contributed by atoms with Gasteiger partial charge in [-0.1, -0.05) is 0 Å². The van der Waals surface area contributed by atoms with E-state index >= 15 is 0 Å². The van der Waals surface area contributed by atoms with E-state index in [0.29, 0.717) is 25.9 Å². The maximum atomic E-state index is 12.8. The number of sulfonamides is 1. The number of hydrogen-bond donors (Lipinski definition) is 1. The van der Waals surface area contributed by atoms with Gasteiger partial charge in [-0.3, -0.25) is 0 Å². The van der Waals surface area contributed by atoms with Gasteiger partial charge in [0.2, 0.25) is 10.0 Å². The van der Waals surface area contributed by atoms with Crippen molar-refractivity contribution in [2.24, 2.45) is 23.5 Å². The van der Waals surface area contributed by atoms with Crippen molar-refractivity contribution in [3.05, 3.63) is 0 Å². The first-order valence-electron chi connectivity index (χ1n) is 10.6. The van der Waals surface area contributed by atoms with Crippen molar-refractivity contribution in [2.45, 2.75) is 88.5 Å². The van der Waals surface area contributed by atoms with Gasteiger partial charge in [-0.15, -0.1) is 0 Å². The number of urea groups is 1. The molecule has 4 bridgehead atoms. The number of carbonyl (C=O) groups excluding carboxylic acids is 1. The molecule has 0 spiro atoms. The number of rotatable bonds is 3. The van der Waals surface area contributed by atoms with Crippen LogP contribution in [0.2, 0.25) is 0 Å². The summed E-state index contributed by atoms with van der Waals surface area (Å²) in [6.07, 6.45) is 8.67. The maximum Gasteiger partial charge on any atom is 0.315 e. The first-order valence-corrected chi connectivity index (χ1v) is 12.0. The van der Waals surface area contributed by atoms with Crippen molar-refractivity contribution in [2.75, 3.05) is 13.1 Å². The average Bonchev–Trinajstić information content (AvgIpc) is 2.52. The Hall–Kier alpha value is -0.820. The largest absolute Gasteiger partial charge is 0.351 e. The molecule has 2 amide bonds. The molecule has 0 atom stereocenters. The molecular weight excluding hydrogens is 362 g/mol. The highest BCUT2D eigenvalue weighted by Crippen LogP contribution is 2.58. The molecule has 154 valence electrons. The average molecular weight is 398 g/mol. The lowest BCUT2D eigenvalue weighted by atomic mass is 9.52. The third kappa shape index (κ3) is 3.18. The second kappa shape index (κ2) is 6.34. The summed E-state index contributed by atoms with van der Waals surface area (Å²) in [5.74, 6) is 2.25. The van der Waals surface area contributed by atoms with Crippen molar-refractivity contribution in [1.82, 2.24) is 9.21 Å². The van der Waals surface area contributed by atoms with Gasteiger partial charge in [0.25, 0.3) is 0 Å². The number of primary amides is 1. The van der Waals surface area contributed by atoms with Crippen LogP contribution in [-0.2, 0) is 10.0 Å². The molecule has 0 aromatic heterocycles. The number of amides is 2. The van der Waals surface area contributed by atoms with Crippen molar-refractivity contribution in [3.8, 4) is 0 Å². The molecule has 5 aliphatic rings. The minimum Gasteiger partial charge on any atom is -0.351 e. The lowest BCUT2D eigenvalue weighted by Crippen LogP contribution is -2.66. The highest BCUT2D eigenvalue weighted by atomic mass is 32.2. The van der Waals surface area contributed by atoms with Crippen LogP contribution >= 0.6 is 0 Å². The molecule has 1 heterocycles. The van der Waals surface area contributed by atoms with Gasteiger partial charge in [0.15, 0.2) is 0 Å². The van der Waals surface area contributed by atoms with Gasteiger partial charge in [0, 0.05) is 24.7 Å². The maximum absolute atomic E-state index is 12.8. The molecule has 0 aromatic carbocycles. The second-order valence-corrected chi connectivity index (χ2v) is 13.3. The fraction of sp³-hybridized carbons (Fsp3) is 0.950. The van der Waals surface area contributed by atoms with Gasteiger partial charge < -0.3 is 10.6 Å². The first kappa shape index (κ1) is 19.5. The van der Waals surface area contributed by atoms with E-state index in [2.05, 4.69) is 0 Å². The van der Waals surface area contributed by atoms with E-state index in [1.54, 1.807) is 25.1 Å². The topological polar surface area (TPSA) is 83.7 Å². The van der Waals surface area contributed by atoms with Crippen LogP contribution < -0.4 is 5.73 Å². The van der Waals surface area contributed by atoms with Crippen LogP contribution in [0.4, 0.5) is 4.79 Å². The molecule has 27 heavy (non-hydrogen) atoms. The summed E-state index contributed by atoms with van der Waals surface area (Å²) in [4.78, 5) is 14.6. The SMILES string of the molecule is CC(C)(C)S(=O)(=O)N1CCC(N(C(N)=O)C23CC4CC(CC(C4)C2)C3)CC1. The van der Waals surface area contributed by atoms with Crippen molar-refractivity contribution >= 4 is 16.1 Å². The van der Waals surface area contributed by atoms with Crippen LogP contribution in [0.5, 0.6) is 0 Å². The zero-order chi connectivity index (χ0) is 19.6. The van der Waals surface area contributed by atoms with Crippen molar-refractivity contribution in [1.29, 1.82) is 0 Å². The molecule has 0 aromatic rings. The summed E-state index contributed by atoms with van der Waals surface area (Å²) < 4.78 is 26.3. The second-order valence-electron chi connectivity index (χ2n) is 10.6. The normalized spacial score (nSPS) is 37.5. The Morgan fingerprint density at radius 2 is 1.44 bits per heavy atom. The standard InChI is InChI=1S/C20H35N3O3S/c1-19(2,3)27(25,26)22-6-4-17(5-7-22)23(18(21)24)20-11-14-8-15(12-20)10-16(9-14)13-20/h14-17H,4-13H2,1-3H3,(H2,21,24). The monoisotopic (exact) mass is 397 g/mol. The van der Waals surface area contributed by atoms with Crippen LogP contribution in [0.1, 0.15) is 72.1 Å². The van der Waals surface area contributed by atoms with E-state index < -0.39 is 14.8 Å². The molecule has 0 radical (unpaired) electrons. The Bertz CT molecular complexity index is 669. The zero-order valence-electron chi connectivity index (χ0n) is 17.0. The summed E-state index contributed by atoms with van der Waals surface area (Å²) in [5, 5.41) is 0. The van der Waals surface area contributed by atoms with E-state index in [9.17, 15) is 13.2 Å². The lowest BCUT2D eigenvalue weighted by molar-refractivity contribution is -0.0865. The molecule has 1 aliphatic heterocycles. The molecule has 4 aliphatic carbocycles. The highest BCUT2D eigenvalue weighted by molar-refractivity contribution is 7.90. The van der Waals surface area contributed by atoms with Crippen molar-refractivity contribution < 1.29 is 13.2 Å². The minimum atomic E-state index is -3.32. The van der Waals surface area contributed by atoms with Crippen molar-refractivity contribution in [3.63, 3.8) is 0 Å². The Kier molecular flexibility index (Phi) is 4.58. The molecule has 7 heteroatoms. The molecular formula is C20H35N3O3S. The number of carbonyl (C=O) groups is 1. The third-order valence-electron chi connectivity index (χ3n) is 7.66. The van der Waals surface area contributed by atoms with E-state index in [0.717, 1.165) is 37.0 Å². The number of nitrogens with zero attached hydrogens (tertiary/aromatic N) is 2. The Morgan fingerprint density at radius 3 is 1.81 bits per heavy atom. The predicted octanol–water partition coefficient (Wildman–Crippen LogP) is 2.93. The summed E-state index contributed by atoms with van der Waals surface area (Å²) >= 11 is 0. The Morgan fingerprint density at radius 1 is 1.00 bits per heavy atom. The molecule has 0 unspecified atom stereocenters. The Labute approximate surface area is 163 Å². The van der Waals surface area contributed by atoms with Crippen LogP contribution in [-0.4, -0.2) is 53.1 Å². The van der Waals surface area contributed by atoms with Gasteiger partial charge in [-0.2, -0.15) is 0 Å². The van der Waals surface area contributed by atoms with E-state index in [1.165, 1.54) is 19.3 Å². The molecule has 5 fully saturated rings. The molecule has 2 N–H and O–H groups in total. The fourth-order valence-corrected chi connectivity index (χ4v) is 8.36. The van der Waals surface area contributed by atoms with E-state index in [1.807, 2.05) is 4.90 Å². The number of hydrogen-bond acceptors (Lipinski definition) is 3. The van der Waals surface area contributed by atoms with Crippen LogP contribution in [0, 0.1) is 17.8 Å². The Balaban J connectivity index is 1.51. The summed E-state index contributed by atoms with van der Waals surface area (Å²) in [6, 6.07) is -0.223. The lowest BCUT2D eigenvalue weighted by Gasteiger charge is -2.62. The summed E-state index contributed by atoms with van der Waals surface area (Å²) in [6.45, 7) is 6.22. The zero-order valence-corrected chi connectivity index (χ0v) is 17.8. The van der Waals surface area contributed by atoms with Gasteiger partial charge in [0.1, 0.15) is 0 Å². The minimum absolute atomic E-state index is 0.0592. The fourth-order valence-electron chi connectivity index (χ4n) is 6.89. The van der Waals surface area contributed by atoms with Gasteiger partial charge in [0.05, 0.1) is 4.75 Å². The number of piperidine rings is 1. The highest BCUT2D eigenvalue weighted by Gasteiger charge is 2.56. The molecule has 6 nitrogen and oxygen atoms in total. The first-order chi connectivity index (χ1) is 12.5. The van der Waals surface area contributed by atoms with Crippen LogP contribution in [0.25, 0.3) is 0 Å². The third-order valence-corrected chi connectivity index (χ3v) is 10.2. The smallest absolute Gasteiger partial charge is 0.315 e. The number of nitrogens with two attached hydrogens (primary N) is 1. The predicted molar refractivity (Wildman–Crippen MR) is 106 cm³/mol. The van der Waals surface area contributed by atoms with E-state index in [4.69, 9.17) is 5.73 Å². The van der Waals surface area contributed by atoms with Crippen LogP contribution in [0.3, 0.4) is 0 Å².